The molecule has 0 aromatic heterocycles. The minimum absolute atomic E-state index is 0.0736. The molecule has 2 aromatic rings. The Morgan fingerprint density at radius 2 is 1.77 bits per heavy atom. The van der Waals surface area contributed by atoms with Gasteiger partial charge in [0.15, 0.2) is 0 Å². The van der Waals surface area contributed by atoms with Crippen LogP contribution in [0, 0.1) is 5.82 Å². The third-order valence-electron chi connectivity index (χ3n) is 5.22. The fourth-order valence-electron chi connectivity index (χ4n) is 3.44. The van der Waals surface area contributed by atoms with E-state index in [4.69, 9.17) is 4.74 Å². The van der Waals surface area contributed by atoms with Gasteiger partial charge < -0.3 is 20.3 Å². The maximum absolute atomic E-state index is 13.3. The van der Waals surface area contributed by atoms with E-state index >= 15 is 0 Å². The SMILES string of the molecule is COc1ccc([C@H](CNC(=O)C(=O)Nc2cccc(F)c2)N2CCN(C)CC2)cc1. The van der Waals surface area contributed by atoms with Crippen LogP contribution in [-0.4, -0.2) is 68.5 Å². The number of nitrogens with one attached hydrogen (secondary N) is 2. The minimum Gasteiger partial charge on any atom is -0.497 e. The summed E-state index contributed by atoms with van der Waals surface area (Å²) in [5, 5.41) is 5.14. The van der Waals surface area contributed by atoms with Crippen LogP contribution in [0.5, 0.6) is 5.75 Å². The highest BCUT2D eigenvalue weighted by Gasteiger charge is 2.25. The van der Waals surface area contributed by atoms with Crippen molar-refractivity contribution >= 4 is 17.5 Å². The van der Waals surface area contributed by atoms with Crippen molar-refractivity contribution in [2.75, 3.05) is 52.2 Å². The fraction of sp³-hybridized carbons (Fsp3) is 0.364. The van der Waals surface area contributed by atoms with Crippen molar-refractivity contribution in [2.45, 2.75) is 6.04 Å². The van der Waals surface area contributed by atoms with E-state index in [1.165, 1.54) is 18.2 Å². The van der Waals surface area contributed by atoms with Gasteiger partial charge >= 0.3 is 11.8 Å². The molecule has 0 spiro atoms. The van der Waals surface area contributed by atoms with E-state index in [2.05, 4.69) is 27.5 Å². The van der Waals surface area contributed by atoms with Crippen LogP contribution >= 0.6 is 0 Å². The molecular formula is C22H27FN4O3. The molecule has 1 aliphatic rings. The number of piperazine rings is 1. The Labute approximate surface area is 175 Å². The number of likely N-dealkylation sites (N-methyl/N-ethyl adjacent to an activating group) is 1. The monoisotopic (exact) mass is 414 g/mol. The quantitative estimate of drug-likeness (QED) is 0.706. The van der Waals surface area contributed by atoms with Crippen LogP contribution in [-0.2, 0) is 9.59 Å². The number of amides is 2. The molecule has 2 amide bonds. The largest absolute Gasteiger partial charge is 0.497 e. The maximum atomic E-state index is 13.3. The molecule has 0 unspecified atom stereocenters. The van der Waals surface area contributed by atoms with Crippen LogP contribution in [0.15, 0.2) is 48.5 Å². The number of carbonyl (C=O) groups excluding carboxylic acids is 2. The average molecular weight is 414 g/mol. The molecule has 0 aliphatic carbocycles. The molecule has 1 atom stereocenters. The summed E-state index contributed by atoms with van der Waals surface area (Å²) >= 11 is 0. The highest BCUT2D eigenvalue weighted by atomic mass is 19.1. The van der Waals surface area contributed by atoms with E-state index in [0.29, 0.717) is 0 Å². The number of halogens is 1. The number of anilines is 1. The number of hydrogen-bond acceptors (Lipinski definition) is 5. The number of nitrogens with zero attached hydrogens (tertiary/aromatic N) is 2. The van der Waals surface area contributed by atoms with Gasteiger partial charge in [0, 0.05) is 38.4 Å². The zero-order chi connectivity index (χ0) is 21.5. The number of hydrogen-bond donors (Lipinski definition) is 2. The van der Waals surface area contributed by atoms with E-state index in [0.717, 1.165) is 43.6 Å². The topological polar surface area (TPSA) is 73.9 Å². The van der Waals surface area contributed by atoms with Gasteiger partial charge in [-0.3, -0.25) is 14.5 Å². The molecule has 2 aromatic carbocycles. The first kappa shape index (κ1) is 21.7. The molecular weight excluding hydrogens is 387 g/mol. The summed E-state index contributed by atoms with van der Waals surface area (Å²) in [6.45, 7) is 3.86. The smallest absolute Gasteiger partial charge is 0.313 e. The summed E-state index contributed by atoms with van der Waals surface area (Å²) in [7, 11) is 3.70. The van der Waals surface area contributed by atoms with Crippen LogP contribution in [0.3, 0.4) is 0 Å². The molecule has 0 saturated carbocycles. The Kier molecular flexibility index (Phi) is 7.37. The first-order chi connectivity index (χ1) is 14.5. The summed E-state index contributed by atoms with van der Waals surface area (Å²) in [4.78, 5) is 29.1. The number of rotatable bonds is 6. The Bertz CT molecular complexity index is 867. The Balaban J connectivity index is 1.66. The summed E-state index contributed by atoms with van der Waals surface area (Å²) < 4.78 is 18.5. The summed E-state index contributed by atoms with van der Waals surface area (Å²) in [5.74, 6) is -1.31. The van der Waals surface area contributed by atoms with Crippen molar-refractivity contribution in [3.63, 3.8) is 0 Å². The van der Waals surface area contributed by atoms with Crippen LogP contribution < -0.4 is 15.4 Å². The molecule has 1 fully saturated rings. The van der Waals surface area contributed by atoms with Gasteiger partial charge in [-0.2, -0.15) is 0 Å². The average Bonchev–Trinajstić information content (AvgIpc) is 2.75. The number of methoxy groups -OCH3 is 1. The minimum atomic E-state index is -0.826. The van der Waals surface area contributed by atoms with E-state index in [1.807, 2.05) is 24.3 Å². The number of carbonyl (C=O) groups is 2. The molecule has 8 heteroatoms. The molecule has 1 heterocycles. The lowest BCUT2D eigenvalue weighted by atomic mass is 10.0. The molecule has 2 N–H and O–H groups in total. The predicted octanol–water partition coefficient (Wildman–Crippen LogP) is 1.88. The van der Waals surface area contributed by atoms with Crippen molar-refractivity contribution in [1.29, 1.82) is 0 Å². The van der Waals surface area contributed by atoms with E-state index in [9.17, 15) is 14.0 Å². The Morgan fingerprint density at radius 3 is 2.40 bits per heavy atom. The molecule has 160 valence electrons. The number of ether oxygens (including phenoxy) is 1. The predicted molar refractivity (Wildman–Crippen MR) is 113 cm³/mol. The first-order valence-corrected chi connectivity index (χ1v) is 9.87. The van der Waals surface area contributed by atoms with E-state index in [1.54, 1.807) is 7.11 Å². The lowest BCUT2D eigenvalue weighted by Crippen LogP contribution is -2.49. The van der Waals surface area contributed by atoms with E-state index < -0.39 is 17.6 Å². The standard InChI is InChI=1S/C22H27FN4O3/c1-26-10-12-27(13-11-26)20(16-6-8-19(30-2)9-7-16)15-24-21(28)22(29)25-18-5-3-4-17(23)14-18/h3-9,14,20H,10-13,15H2,1-2H3,(H,24,28)(H,25,29)/t20-/m0/s1. The van der Waals surface area contributed by atoms with Crippen molar-refractivity contribution in [3.8, 4) is 5.75 Å². The molecule has 3 rings (SSSR count). The zero-order valence-corrected chi connectivity index (χ0v) is 17.2. The van der Waals surface area contributed by atoms with Gasteiger partial charge in [-0.15, -0.1) is 0 Å². The second kappa shape index (κ2) is 10.2. The van der Waals surface area contributed by atoms with E-state index in [-0.39, 0.29) is 18.3 Å². The Hall–Kier alpha value is -2.97. The Morgan fingerprint density at radius 1 is 1.07 bits per heavy atom. The fourth-order valence-corrected chi connectivity index (χ4v) is 3.44. The van der Waals surface area contributed by atoms with Crippen LogP contribution in [0.25, 0.3) is 0 Å². The molecule has 1 aliphatic heterocycles. The molecule has 7 nitrogen and oxygen atoms in total. The van der Waals surface area contributed by atoms with Crippen LogP contribution in [0.2, 0.25) is 0 Å². The van der Waals surface area contributed by atoms with Gasteiger partial charge in [0.2, 0.25) is 0 Å². The van der Waals surface area contributed by atoms with Gasteiger partial charge in [-0.05, 0) is 42.9 Å². The summed E-state index contributed by atoms with van der Waals surface area (Å²) in [6.07, 6.45) is 0. The summed E-state index contributed by atoms with van der Waals surface area (Å²) in [6, 6.07) is 13.1. The summed E-state index contributed by atoms with van der Waals surface area (Å²) in [5.41, 5.74) is 1.27. The first-order valence-electron chi connectivity index (χ1n) is 9.87. The molecule has 1 saturated heterocycles. The maximum Gasteiger partial charge on any atom is 0.313 e. The normalized spacial score (nSPS) is 16.0. The van der Waals surface area contributed by atoms with Gasteiger partial charge in [-0.25, -0.2) is 4.39 Å². The molecule has 0 bridgehead atoms. The molecule has 0 radical (unpaired) electrons. The zero-order valence-electron chi connectivity index (χ0n) is 17.2. The van der Waals surface area contributed by atoms with Crippen molar-refractivity contribution in [3.05, 3.63) is 59.9 Å². The lowest BCUT2D eigenvalue weighted by Gasteiger charge is -2.38. The van der Waals surface area contributed by atoms with Crippen molar-refractivity contribution in [1.82, 2.24) is 15.1 Å². The lowest BCUT2D eigenvalue weighted by molar-refractivity contribution is -0.136. The third kappa shape index (κ3) is 5.77. The highest BCUT2D eigenvalue weighted by molar-refractivity contribution is 6.39. The van der Waals surface area contributed by atoms with Crippen LogP contribution in [0.4, 0.5) is 10.1 Å². The second-order valence-corrected chi connectivity index (χ2v) is 7.30. The van der Waals surface area contributed by atoms with Gasteiger partial charge in [0.25, 0.3) is 0 Å². The van der Waals surface area contributed by atoms with Gasteiger partial charge in [-0.1, -0.05) is 18.2 Å². The highest BCUT2D eigenvalue weighted by Crippen LogP contribution is 2.24. The van der Waals surface area contributed by atoms with Gasteiger partial charge in [0.05, 0.1) is 13.2 Å². The third-order valence-corrected chi connectivity index (χ3v) is 5.22. The van der Waals surface area contributed by atoms with Crippen molar-refractivity contribution < 1.29 is 18.7 Å². The van der Waals surface area contributed by atoms with Crippen LogP contribution in [0.1, 0.15) is 11.6 Å². The number of benzene rings is 2. The van der Waals surface area contributed by atoms with Crippen molar-refractivity contribution in [2.24, 2.45) is 0 Å². The molecule has 30 heavy (non-hydrogen) atoms. The second-order valence-electron chi connectivity index (χ2n) is 7.30. The van der Waals surface area contributed by atoms with Gasteiger partial charge in [0.1, 0.15) is 11.6 Å².